The van der Waals surface area contributed by atoms with E-state index in [2.05, 4.69) is 35.8 Å². The molecule has 2 aromatic heterocycles. The van der Waals surface area contributed by atoms with Gasteiger partial charge in [-0.15, -0.1) is 0 Å². The van der Waals surface area contributed by atoms with Crippen molar-refractivity contribution < 1.29 is 8.78 Å². The maximum Gasteiger partial charge on any atom is 0.235 e. The molecule has 2 aromatic carbocycles. The molecule has 30 heavy (non-hydrogen) atoms. The third kappa shape index (κ3) is 4.49. The van der Waals surface area contributed by atoms with Crippen LogP contribution in [0.15, 0.2) is 54.6 Å². The van der Waals surface area contributed by atoms with E-state index in [0.29, 0.717) is 17.1 Å². The Kier molecular flexibility index (Phi) is 5.21. The Bertz CT molecular complexity index is 1160. The molecule has 0 radical (unpaired) electrons. The van der Waals surface area contributed by atoms with Crippen molar-refractivity contribution >= 4 is 23.7 Å². The Labute approximate surface area is 170 Å². The molecule has 1 unspecified atom stereocenters. The van der Waals surface area contributed by atoms with Crippen LogP contribution in [0.2, 0.25) is 0 Å². The summed E-state index contributed by atoms with van der Waals surface area (Å²) in [7, 11) is 0. The van der Waals surface area contributed by atoms with Crippen LogP contribution in [0.1, 0.15) is 18.5 Å². The van der Waals surface area contributed by atoms with Gasteiger partial charge in [-0.05, 0) is 36.8 Å². The second-order valence-electron chi connectivity index (χ2n) is 6.56. The van der Waals surface area contributed by atoms with Gasteiger partial charge in [0.2, 0.25) is 17.8 Å². The van der Waals surface area contributed by atoms with Crippen molar-refractivity contribution in [1.29, 1.82) is 0 Å². The van der Waals surface area contributed by atoms with Gasteiger partial charge in [-0.2, -0.15) is 20.1 Å². The number of rotatable bonds is 6. The van der Waals surface area contributed by atoms with Crippen molar-refractivity contribution in [3.05, 3.63) is 71.8 Å². The summed E-state index contributed by atoms with van der Waals surface area (Å²) >= 11 is 0. The molecule has 0 bridgehead atoms. The van der Waals surface area contributed by atoms with Crippen LogP contribution in [0.5, 0.6) is 0 Å². The Balaban J connectivity index is 1.50. The van der Waals surface area contributed by atoms with E-state index in [1.54, 1.807) is 30.3 Å². The van der Waals surface area contributed by atoms with Crippen molar-refractivity contribution in [2.75, 3.05) is 16.4 Å². The highest BCUT2D eigenvalue weighted by atomic mass is 19.1. The lowest BCUT2D eigenvalue weighted by atomic mass is 10.1. The van der Waals surface area contributed by atoms with Gasteiger partial charge >= 0.3 is 0 Å². The molecule has 152 valence electrons. The number of nitrogens with two attached hydrogens (primary N) is 1. The largest absolute Gasteiger partial charge is 0.368 e. The molecule has 8 nitrogen and oxygen atoms in total. The third-order valence-electron chi connectivity index (χ3n) is 4.32. The van der Waals surface area contributed by atoms with Gasteiger partial charge in [0.25, 0.3) is 0 Å². The Hall–Kier alpha value is -4.08. The van der Waals surface area contributed by atoms with Crippen LogP contribution in [0.3, 0.4) is 0 Å². The maximum absolute atomic E-state index is 13.4. The molecular formula is C20H18F2N8. The Morgan fingerprint density at radius 2 is 1.70 bits per heavy atom. The zero-order valence-electron chi connectivity index (χ0n) is 15.9. The normalized spacial score (nSPS) is 11.8. The first-order valence-corrected chi connectivity index (χ1v) is 9.08. The smallest absolute Gasteiger partial charge is 0.235 e. The molecule has 1 atom stereocenters. The van der Waals surface area contributed by atoms with E-state index in [9.17, 15) is 8.78 Å². The summed E-state index contributed by atoms with van der Waals surface area (Å²) in [6, 6.07) is 13.8. The van der Waals surface area contributed by atoms with Crippen LogP contribution in [0.4, 0.5) is 32.4 Å². The SMILES string of the molecule is CC(Nc1nc(N)nc(Nc2cc(-c3cccc(F)c3)[nH]n2)n1)c1ccc(F)cc1. The number of aromatic nitrogens is 5. The molecule has 0 aliphatic rings. The zero-order chi connectivity index (χ0) is 21.1. The first-order valence-electron chi connectivity index (χ1n) is 9.08. The van der Waals surface area contributed by atoms with Crippen molar-refractivity contribution in [3.8, 4) is 11.3 Å². The summed E-state index contributed by atoms with van der Waals surface area (Å²) < 4.78 is 26.5. The molecule has 0 fully saturated rings. The molecule has 0 aliphatic heterocycles. The molecule has 4 rings (SSSR count). The molecule has 10 heteroatoms. The second-order valence-corrected chi connectivity index (χ2v) is 6.56. The minimum absolute atomic E-state index is 0.0159. The highest BCUT2D eigenvalue weighted by Crippen LogP contribution is 2.23. The molecule has 0 amide bonds. The second kappa shape index (κ2) is 8.11. The average Bonchev–Trinajstić information content (AvgIpc) is 3.16. The number of nitrogens with zero attached hydrogens (tertiary/aromatic N) is 4. The van der Waals surface area contributed by atoms with Gasteiger partial charge in [-0.1, -0.05) is 24.3 Å². The molecule has 0 aliphatic carbocycles. The van der Waals surface area contributed by atoms with Crippen molar-refractivity contribution in [1.82, 2.24) is 25.1 Å². The summed E-state index contributed by atoms with van der Waals surface area (Å²) in [5.41, 5.74) is 7.94. The number of hydrogen-bond donors (Lipinski definition) is 4. The minimum Gasteiger partial charge on any atom is -0.368 e. The number of benzene rings is 2. The predicted octanol–water partition coefficient (Wildman–Crippen LogP) is 4.04. The standard InChI is InChI=1S/C20H18F2N8/c1-11(12-5-7-14(21)8-6-12)24-19-26-18(23)27-20(28-19)25-17-10-16(29-30-17)13-3-2-4-15(22)9-13/h2-11H,1H3,(H5,23,24,25,26,27,28,29,30). The summed E-state index contributed by atoms with van der Waals surface area (Å²) in [6.45, 7) is 1.89. The Morgan fingerprint density at radius 3 is 2.47 bits per heavy atom. The first-order chi connectivity index (χ1) is 14.5. The highest BCUT2D eigenvalue weighted by Gasteiger charge is 2.12. The molecule has 0 spiro atoms. The fourth-order valence-electron chi connectivity index (χ4n) is 2.85. The van der Waals surface area contributed by atoms with E-state index >= 15 is 0 Å². The fourth-order valence-corrected chi connectivity index (χ4v) is 2.85. The average molecular weight is 408 g/mol. The molecule has 0 saturated heterocycles. The molecule has 0 saturated carbocycles. The lowest BCUT2D eigenvalue weighted by Gasteiger charge is -2.14. The van der Waals surface area contributed by atoms with Gasteiger partial charge in [0, 0.05) is 11.6 Å². The van der Waals surface area contributed by atoms with Crippen LogP contribution in [0, 0.1) is 11.6 Å². The predicted molar refractivity (Wildman–Crippen MR) is 110 cm³/mol. The van der Waals surface area contributed by atoms with Crippen LogP contribution < -0.4 is 16.4 Å². The maximum atomic E-state index is 13.4. The number of anilines is 4. The van der Waals surface area contributed by atoms with Gasteiger partial charge in [-0.25, -0.2) is 8.78 Å². The molecule has 5 N–H and O–H groups in total. The van der Waals surface area contributed by atoms with Gasteiger partial charge in [0.1, 0.15) is 11.6 Å². The number of nitrogen functional groups attached to an aromatic ring is 1. The van der Waals surface area contributed by atoms with Gasteiger partial charge in [0.05, 0.1) is 11.7 Å². The minimum atomic E-state index is -0.340. The monoisotopic (exact) mass is 408 g/mol. The number of nitrogens with one attached hydrogen (secondary N) is 3. The third-order valence-corrected chi connectivity index (χ3v) is 4.32. The van der Waals surface area contributed by atoms with Crippen LogP contribution in [-0.4, -0.2) is 25.1 Å². The summed E-state index contributed by atoms with van der Waals surface area (Å²) in [5, 5.41) is 13.0. The van der Waals surface area contributed by atoms with E-state index in [1.807, 2.05) is 6.92 Å². The van der Waals surface area contributed by atoms with E-state index in [0.717, 1.165) is 5.56 Å². The van der Waals surface area contributed by atoms with E-state index in [-0.39, 0.29) is 35.5 Å². The van der Waals surface area contributed by atoms with Crippen molar-refractivity contribution in [2.45, 2.75) is 13.0 Å². The van der Waals surface area contributed by atoms with Crippen LogP contribution >= 0.6 is 0 Å². The summed E-state index contributed by atoms with van der Waals surface area (Å²) in [4.78, 5) is 12.4. The van der Waals surface area contributed by atoms with Gasteiger partial charge in [0.15, 0.2) is 5.82 Å². The number of aromatic amines is 1. The van der Waals surface area contributed by atoms with Gasteiger partial charge < -0.3 is 16.4 Å². The number of H-pyrrole nitrogens is 1. The molecule has 4 aromatic rings. The molecular weight excluding hydrogens is 390 g/mol. The summed E-state index contributed by atoms with van der Waals surface area (Å²) in [6.07, 6.45) is 0. The van der Waals surface area contributed by atoms with E-state index in [1.165, 1.54) is 24.3 Å². The number of hydrogen-bond acceptors (Lipinski definition) is 7. The number of halogens is 2. The first kappa shape index (κ1) is 19.2. The zero-order valence-corrected chi connectivity index (χ0v) is 15.9. The van der Waals surface area contributed by atoms with E-state index in [4.69, 9.17) is 5.73 Å². The molecule has 2 heterocycles. The Morgan fingerprint density at radius 1 is 0.933 bits per heavy atom. The van der Waals surface area contributed by atoms with E-state index < -0.39 is 0 Å². The lowest BCUT2D eigenvalue weighted by molar-refractivity contribution is 0.626. The quantitative estimate of drug-likeness (QED) is 0.380. The van der Waals surface area contributed by atoms with Crippen molar-refractivity contribution in [3.63, 3.8) is 0 Å². The van der Waals surface area contributed by atoms with Crippen LogP contribution in [-0.2, 0) is 0 Å². The van der Waals surface area contributed by atoms with Crippen LogP contribution in [0.25, 0.3) is 11.3 Å². The van der Waals surface area contributed by atoms with Gasteiger partial charge in [-0.3, -0.25) is 5.10 Å². The highest BCUT2D eigenvalue weighted by molar-refractivity contribution is 5.64. The van der Waals surface area contributed by atoms with Crippen molar-refractivity contribution in [2.24, 2.45) is 0 Å². The topological polar surface area (TPSA) is 117 Å². The summed E-state index contributed by atoms with van der Waals surface area (Å²) in [5.74, 6) is 0.238. The fraction of sp³-hybridized carbons (Fsp3) is 0.100. The lowest BCUT2D eigenvalue weighted by Crippen LogP contribution is -2.12.